The van der Waals surface area contributed by atoms with E-state index in [1.54, 1.807) is 27.7 Å². The first kappa shape index (κ1) is 13.5. The fourth-order valence-corrected chi connectivity index (χ4v) is 2.99. The van der Waals surface area contributed by atoms with Gasteiger partial charge in [0.25, 0.3) is 5.69 Å². The van der Waals surface area contributed by atoms with Gasteiger partial charge in [-0.15, -0.1) is 10.2 Å². The van der Waals surface area contributed by atoms with Crippen molar-refractivity contribution in [3.63, 3.8) is 0 Å². The van der Waals surface area contributed by atoms with Gasteiger partial charge in [-0.25, -0.2) is 4.98 Å². The molecule has 0 spiro atoms. The fourth-order valence-electron chi connectivity index (χ4n) is 2.99. The molecular weight excluding hydrogens is 322 g/mol. The summed E-state index contributed by atoms with van der Waals surface area (Å²) >= 11 is 0. The van der Waals surface area contributed by atoms with Crippen LogP contribution in [0.25, 0.3) is 33.4 Å². The van der Waals surface area contributed by atoms with Crippen molar-refractivity contribution in [2.24, 2.45) is 0 Å². The predicted octanol–water partition coefficient (Wildman–Crippen LogP) is 2.52. The predicted molar refractivity (Wildman–Crippen MR) is 89.6 cm³/mol. The van der Waals surface area contributed by atoms with E-state index in [-0.39, 0.29) is 5.69 Å². The van der Waals surface area contributed by atoms with Gasteiger partial charge in [0.15, 0.2) is 5.65 Å². The maximum atomic E-state index is 11.6. The Labute approximate surface area is 139 Å². The average Bonchev–Trinajstić information content (AvgIpc) is 3.27. The number of aromatic nitrogens is 6. The molecule has 0 atom stereocenters. The maximum Gasteiger partial charge on any atom is 0.295 e. The maximum absolute atomic E-state index is 11.6. The van der Waals surface area contributed by atoms with Crippen molar-refractivity contribution in [3.05, 3.63) is 65.4 Å². The van der Waals surface area contributed by atoms with E-state index in [1.807, 2.05) is 24.3 Å². The highest BCUT2D eigenvalue weighted by molar-refractivity contribution is 5.86. The lowest BCUT2D eigenvalue weighted by molar-refractivity contribution is -0.384. The third kappa shape index (κ3) is 1.89. The molecule has 0 radical (unpaired) electrons. The zero-order chi connectivity index (χ0) is 17.0. The lowest BCUT2D eigenvalue weighted by atomic mass is 10.2. The van der Waals surface area contributed by atoms with E-state index < -0.39 is 4.92 Å². The summed E-state index contributed by atoms with van der Waals surface area (Å²) in [5, 5.41) is 19.5. The molecule has 0 aliphatic rings. The minimum atomic E-state index is -0.415. The van der Waals surface area contributed by atoms with Crippen molar-refractivity contribution in [2.45, 2.75) is 0 Å². The molecule has 0 aliphatic carbocycles. The molecule has 9 heteroatoms. The van der Waals surface area contributed by atoms with Gasteiger partial charge >= 0.3 is 0 Å². The van der Waals surface area contributed by atoms with Gasteiger partial charge in [-0.05, 0) is 18.2 Å². The number of nitro benzene ring substituents is 1. The van der Waals surface area contributed by atoms with Crippen molar-refractivity contribution in [2.75, 3.05) is 0 Å². The standard InChI is InChI=1S/C16H9N7O2/c24-23(25)15-5-11-13(22-9-19-20-16(22)7-17-11)6-14(15)21-8-18-10-3-1-2-4-12(10)21/h1-9H. The molecule has 0 aliphatic heterocycles. The van der Waals surface area contributed by atoms with Crippen molar-refractivity contribution in [1.29, 1.82) is 0 Å². The molecule has 3 heterocycles. The zero-order valence-electron chi connectivity index (χ0n) is 12.6. The van der Waals surface area contributed by atoms with E-state index in [9.17, 15) is 10.1 Å². The first-order valence-electron chi connectivity index (χ1n) is 7.42. The first-order chi connectivity index (χ1) is 12.2. The minimum absolute atomic E-state index is 0.0458. The average molecular weight is 331 g/mol. The molecule has 5 aromatic rings. The first-order valence-corrected chi connectivity index (χ1v) is 7.42. The van der Waals surface area contributed by atoms with Crippen molar-refractivity contribution in [1.82, 2.24) is 29.1 Å². The molecule has 0 fully saturated rings. The summed E-state index contributed by atoms with van der Waals surface area (Å²) in [6.45, 7) is 0. The molecule has 0 saturated carbocycles. The zero-order valence-corrected chi connectivity index (χ0v) is 12.6. The van der Waals surface area contributed by atoms with Crippen LogP contribution in [0, 0.1) is 10.1 Å². The lowest BCUT2D eigenvalue weighted by Crippen LogP contribution is -2.01. The number of nitro groups is 1. The van der Waals surface area contributed by atoms with Crippen LogP contribution in [0.1, 0.15) is 0 Å². The van der Waals surface area contributed by atoms with Gasteiger partial charge < -0.3 is 0 Å². The molecular formula is C16H9N7O2. The topological polar surface area (TPSA) is 104 Å². The van der Waals surface area contributed by atoms with Gasteiger partial charge in [-0.1, -0.05) is 12.1 Å². The van der Waals surface area contributed by atoms with Crippen LogP contribution in [0.15, 0.2) is 55.2 Å². The Morgan fingerprint density at radius 1 is 1.00 bits per heavy atom. The summed E-state index contributed by atoms with van der Waals surface area (Å²) in [4.78, 5) is 19.8. The molecule has 120 valence electrons. The second-order valence-electron chi connectivity index (χ2n) is 5.51. The highest BCUT2D eigenvalue weighted by atomic mass is 16.6. The van der Waals surface area contributed by atoms with E-state index in [0.29, 0.717) is 22.4 Å². The summed E-state index contributed by atoms with van der Waals surface area (Å²) in [6.07, 6.45) is 4.67. The smallest absolute Gasteiger partial charge is 0.293 e. The van der Waals surface area contributed by atoms with Gasteiger partial charge in [-0.3, -0.25) is 24.1 Å². The van der Waals surface area contributed by atoms with Crippen molar-refractivity contribution < 1.29 is 4.92 Å². The van der Waals surface area contributed by atoms with Crippen molar-refractivity contribution in [3.8, 4) is 5.69 Å². The summed E-state index contributed by atoms with van der Waals surface area (Å²) < 4.78 is 3.45. The van der Waals surface area contributed by atoms with Crippen LogP contribution in [0.4, 0.5) is 5.69 Å². The minimum Gasteiger partial charge on any atom is -0.293 e. The van der Waals surface area contributed by atoms with Gasteiger partial charge in [0.2, 0.25) is 0 Å². The highest BCUT2D eigenvalue weighted by Crippen LogP contribution is 2.30. The summed E-state index contributed by atoms with van der Waals surface area (Å²) in [5.41, 5.74) is 3.66. The lowest BCUT2D eigenvalue weighted by Gasteiger charge is -2.08. The number of rotatable bonds is 2. The molecule has 0 amide bonds. The number of para-hydroxylation sites is 2. The third-order valence-corrected chi connectivity index (χ3v) is 4.13. The SMILES string of the molecule is O=[N+]([O-])c1cc2ncc3nncn3c2cc1-n1cnc2ccccc21. The van der Waals surface area contributed by atoms with Gasteiger partial charge in [0.1, 0.15) is 18.3 Å². The number of benzene rings is 2. The second kappa shape index (κ2) is 4.81. The Bertz CT molecular complexity index is 1290. The summed E-state index contributed by atoms with van der Waals surface area (Å²) in [7, 11) is 0. The summed E-state index contributed by atoms with van der Waals surface area (Å²) in [6, 6.07) is 10.6. The molecule has 2 aromatic carbocycles. The van der Waals surface area contributed by atoms with E-state index in [2.05, 4.69) is 20.2 Å². The largest absolute Gasteiger partial charge is 0.295 e. The molecule has 0 unspecified atom stereocenters. The number of hydrogen-bond acceptors (Lipinski definition) is 6. The van der Waals surface area contributed by atoms with Gasteiger partial charge in [0.05, 0.1) is 33.2 Å². The van der Waals surface area contributed by atoms with Gasteiger partial charge in [0, 0.05) is 6.07 Å². The molecule has 0 saturated heterocycles. The monoisotopic (exact) mass is 331 g/mol. The molecule has 9 nitrogen and oxygen atoms in total. The Kier molecular flexibility index (Phi) is 2.60. The van der Waals surface area contributed by atoms with Gasteiger partial charge in [-0.2, -0.15) is 0 Å². The highest BCUT2D eigenvalue weighted by Gasteiger charge is 2.20. The summed E-state index contributed by atoms with van der Waals surface area (Å²) in [5.74, 6) is 0. The van der Waals surface area contributed by atoms with Crippen LogP contribution in [-0.2, 0) is 0 Å². The molecule has 3 aromatic heterocycles. The van der Waals surface area contributed by atoms with E-state index in [1.165, 1.54) is 12.3 Å². The number of hydrogen-bond donors (Lipinski definition) is 0. The Morgan fingerprint density at radius 3 is 2.76 bits per heavy atom. The van der Waals surface area contributed by atoms with E-state index >= 15 is 0 Å². The van der Waals surface area contributed by atoms with Crippen LogP contribution in [0.5, 0.6) is 0 Å². The van der Waals surface area contributed by atoms with Crippen LogP contribution < -0.4 is 0 Å². The number of nitrogens with zero attached hydrogens (tertiary/aromatic N) is 7. The van der Waals surface area contributed by atoms with Crippen LogP contribution in [0.3, 0.4) is 0 Å². The Morgan fingerprint density at radius 2 is 1.88 bits per heavy atom. The number of fused-ring (bicyclic) bond motifs is 4. The van der Waals surface area contributed by atoms with E-state index in [4.69, 9.17) is 0 Å². The second-order valence-corrected chi connectivity index (χ2v) is 5.51. The number of imidazole rings is 1. The third-order valence-electron chi connectivity index (χ3n) is 4.13. The molecule has 0 bridgehead atoms. The van der Waals surface area contributed by atoms with E-state index in [0.717, 1.165) is 11.0 Å². The van der Waals surface area contributed by atoms with Crippen LogP contribution in [-0.4, -0.2) is 34.1 Å². The quantitative estimate of drug-likeness (QED) is 0.364. The Hall–Kier alpha value is -3.88. The normalized spacial score (nSPS) is 11.5. The fraction of sp³-hybridized carbons (Fsp3) is 0. The Balaban J connectivity index is 1.92. The molecule has 0 N–H and O–H groups in total. The molecule has 25 heavy (non-hydrogen) atoms. The van der Waals surface area contributed by atoms with Crippen LogP contribution in [0.2, 0.25) is 0 Å². The van der Waals surface area contributed by atoms with Crippen molar-refractivity contribution >= 4 is 33.4 Å². The van der Waals surface area contributed by atoms with Crippen LogP contribution >= 0.6 is 0 Å². The molecule has 5 rings (SSSR count).